The van der Waals surface area contributed by atoms with Gasteiger partial charge in [-0.25, -0.2) is 9.97 Å². The van der Waals surface area contributed by atoms with Crippen molar-refractivity contribution in [3.05, 3.63) is 42.2 Å². The summed E-state index contributed by atoms with van der Waals surface area (Å²) in [5.74, 6) is 0.524. The number of nitrogens with one attached hydrogen (secondary N) is 2. The van der Waals surface area contributed by atoms with Gasteiger partial charge in [0.25, 0.3) is 0 Å². The molecule has 144 valence electrons. The molecule has 3 rings (SSSR count). The van der Waals surface area contributed by atoms with Gasteiger partial charge in [0.2, 0.25) is 0 Å². The van der Waals surface area contributed by atoms with E-state index >= 15 is 0 Å². The van der Waals surface area contributed by atoms with Crippen molar-refractivity contribution >= 4 is 23.3 Å². The first-order chi connectivity index (χ1) is 12.9. The Morgan fingerprint density at radius 1 is 1.26 bits per heavy atom. The summed E-state index contributed by atoms with van der Waals surface area (Å²) in [6, 6.07) is 4.16. The fraction of sp³-hybridized carbons (Fsp3) is 0.353. The summed E-state index contributed by atoms with van der Waals surface area (Å²) >= 11 is 0. The lowest BCUT2D eigenvalue weighted by Crippen LogP contribution is -2.55. The van der Waals surface area contributed by atoms with E-state index in [0.717, 1.165) is 12.1 Å². The van der Waals surface area contributed by atoms with Gasteiger partial charge in [0, 0.05) is 37.7 Å². The van der Waals surface area contributed by atoms with E-state index in [1.165, 1.54) is 31.6 Å². The van der Waals surface area contributed by atoms with E-state index in [9.17, 15) is 18.0 Å². The van der Waals surface area contributed by atoms with Crippen molar-refractivity contribution < 1.29 is 22.7 Å². The molecule has 0 bridgehead atoms. The normalized spacial score (nSPS) is 17.5. The zero-order valence-electron chi connectivity index (χ0n) is 14.5. The number of piperazine rings is 1. The second kappa shape index (κ2) is 7.78. The number of carbonyl (C=O) groups excluding carboxylic acids is 1. The van der Waals surface area contributed by atoms with E-state index in [4.69, 9.17) is 4.74 Å². The monoisotopic (exact) mass is 381 g/mol. The fourth-order valence-electron chi connectivity index (χ4n) is 2.77. The number of nitrogens with zero attached hydrogens (tertiary/aromatic N) is 3. The van der Waals surface area contributed by atoms with Crippen LogP contribution in [0.1, 0.15) is 5.56 Å². The summed E-state index contributed by atoms with van der Waals surface area (Å²) < 4.78 is 42.8. The molecule has 10 heteroatoms. The van der Waals surface area contributed by atoms with E-state index in [1.807, 2.05) is 4.90 Å². The van der Waals surface area contributed by atoms with Crippen LogP contribution >= 0.6 is 0 Å². The number of esters is 1. The average Bonchev–Trinajstić information content (AvgIpc) is 2.67. The fourth-order valence-corrected chi connectivity index (χ4v) is 2.77. The Morgan fingerprint density at radius 2 is 1.96 bits per heavy atom. The van der Waals surface area contributed by atoms with Gasteiger partial charge in [0.1, 0.15) is 6.04 Å². The zero-order chi connectivity index (χ0) is 19.4. The number of ether oxygens (including phenoxy) is 1. The summed E-state index contributed by atoms with van der Waals surface area (Å²) in [5.41, 5.74) is -0.278. The Bertz CT molecular complexity index is 798. The van der Waals surface area contributed by atoms with Gasteiger partial charge in [-0.1, -0.05) is 0 Å². The molecule has 0 unspecified atom stereocenters. The predicted octanol–water partition coefficient (Wildman–Crippen LogP) is 2.19. The molecule has 0 saturated carbocycles. The van der Waals surface area contributed by atoms with Crippen LogP contribution in [0.15, 0.2) is 36.7 Å². The highest BCUT2D eigenvalue weighted by atomic mass is 19.4. The maximum atomic E-state index is 12.7. The number of hydrogen-bond donors (Lipinski definition) is 2. The first-order valence-corrected chi connectivity index (χ1v) is 8.20. The lowest BCUT2D eigenvalue weighted by atomic mass is 10.2. The zero-order valence-corrected chi connectivity index (χ0v) is 14.5. The number of halogens is 3. The number of aromatic nitrogens is 2. The first kappa shape index (κ1) is 18.9. The number of hydrogen-bond acceptors (Lipinski definition) is 7. The van der Waals surface area contributed by atoms with Gasteiger partial charge >= 0.3 is 12.1 Å². The standard InChI is InChI=1S/C17H18F3N5O2/c1-27-16(26)13-10-25(9-8-21-13)15-14(22-6-7-23-15)24-12-4-2-11(3-5-12)17(18,19)20/h2-7,13,21H,8-10H2,1H3,(H,22,24)/t13-/m1/s1. The largest absolute Gasteiger partial charge is 0.468 e. The molecule has 0 amide bonds. The molecule has 1 atom stereocenters. The van der Waals surface area contributed by atoms with Crippen molar-refractivity contribution in [2.24, 2.45) is 0 Å². The molecule has 1 aliphatic rings. The van der Waals surface area contributed by atoms with E-state index < -0.39 is 17.8 Å². The quantitative estimate of drug-likeness (QED) is 0.786. The predicted molar refractivity (Wildman–Crippen MR) is 92.8 cm³/mol. The third-order valence-electron chi connectivity index (χ3n) is 4.11. The van der Waals surface area contributed by atoms with Gasteiger partial charge in [0.15, 0.2) is 11.6 Å². The van der Waals surface area contributed by atoms with Crippen LogP contribution in [0.3, 0.4) is 0 Å². The van der Waals surface area contributed by atoms with Crippen molar-refractivity contribution in [3.8, 4) is 0 Å². The third-order valence-corrected chi connectivity index (χ3v) is 4.11. The van der Waals surface area contributed by atoms with E-state index in [1.54, 1.807) is 0 Å². The van der Waals surface area contributed by atoms with Gasteiger partial charge in [-0.05, 0) is 24.3 Å². The van der Waals surface area contributed by atoms with E-state index in [-0.39, 0.29) is 5.97 Å². The molecule has 1 aromatic heterocycles. The van der Waals surface area contributed by atoms with Gasteiger partial charge in [-0.2, -0.15) is 13.2 Å². The minimum atomic E-state index is -4.39. The molecule has 1 fully saturated rings. The lowest BCUT2D eigenvalue weighted by molar-refractivity contribution is -0.143. The molecule has 2 aromatic rings. The van der Waals surface area contributed by atoms with Crippen molar-refractivity contribution in [3.63, 3.8) is 0 Å². The summed E-state index contributed by atoms with van der Waals surface area (Å²) in [4.78, 5) is 22.2. The molecule has 0 radical (unpaired) electrons. The van der Waals surface area contributed by atoms with Crippen LogP contribution in [-0.2, 0) is 15.7 Å². The number of alkyl halides is 3. The summed E-state index contributed by atoms with van der Waals surface area (Å²) in [5, 5.41) is 6.06. The van der Waals surface area contributed by atoms with Crippen LogP contribution in [0.25, 0.3) is 0 Å². The first-order valence-electron chi connectivity index (χ1n) is 8.20. The Kier molecular flexibility index (Phi) is 5.45. The van der Waals surface area contributed by atoms with Crippen LogP contribution in [0.2, 0.25) is 0 Å². The molecule has 27 heavy (non-hydrogen) atoms. The molecule has 1 aromatic carbocycles. The van der Waals surface area contributed by atoms with Crippen molar-refractivity contribution in [2.45, 2.75) is 12.2 Å². The van der Waals surface area contributed by atoms with E-state index in [0.29, 0.717) is 37.0 Å². The molecule has 1 saturated heterocycles. The minimum absolute atomic E-state index is 0.340. The summed E-state index contributed by atoms with van der Waals surface area (Å²) in [6.45, 7) is 1.48. The second-order valence-corrected chi connectivity index (χ2v) is 5.90. The van der Waals surface area contributed by atoms with Gasteiger partial charge in [-0.15, -0.1) is 0 Å². The molecular formula is C17H18F3N5O2. The molecule has 1 aliphatic heterocycles. The highest BCUT2D eigenvalue weighted by Crippen LogP contribution is 2.31. The van der Waals surface area contributed by atoms with Crippen LogP contribution in [0.4, 0.5) is 30.5 Å². The third kappa shape index (κ3) is 4.45. The van der Waals surface area contributed by atoms with Gasteiger partial charge in [0.05, 0.1) is 12.7 Å². The Balaban J connectivity index is 1.79. The van der Waals surface area contributed by atoms with Crippen molar-refractivity contribution in [1.82, 2.24) is 15.3 Å². The van der Waals surface area contributed by atoms with Gasteiger partial charge < -0.3 is 20.3 Å². The number of benzene rings is 1. The van der Waals surface area contributed by atoms with Crippen LogP contribution < -0.4 is 15.5 Å². The molecule has 0 aliphatic carbocycles. The minimum Gasteiger partial charge on any atom is -0.468 e. The number of rotatable bonds is 4. The Morgan fingerprint density at radius 3 is 2.63 bits per heavy atom. The molecule has 7 nitrogen and oxygen atoms in total. The van der Waals surface area contributed by atoms with Gasteiger partial charge in [-0.3, -0.25) is 4.79 Å². The van der Waals surface area contributed by atoms with E-state index in [2.05, 4.69) is 20.6 Å². The van der Waals surface area contributed by atoms with Crippen LogP contribution in [-0.4, -0.2) is 48.7 Å². The Hall–Kier alpha value is -2.88. The molecule has 2 N–H and O–H groups in total. The maximum Gasteiger partial charge on any atom is 0.416 e. The highest BCUT2D eigenvalue weighted by Gasteiger charge is 2.30. The number of anilines is 3. The molecule has 2 heterocycles. The molecular weight excluding hydrogens is 363 g/mol. The van der Waals surface area contributed by atoms with Crippen LogP contribution in [0.5, 0.6) is 0 Å². The van der Waals surface area contributed by atoms with Crippen molar-refractivity contribution in [2.75, 3.05) is 37.0 Å². The van der Waals surface area contributed by atoms with Crippen molar-refractivity contribution in [1.29, 1.82) is 0 Å². The second-order valence-electron chi connectivity index (χ2n) is 5.90. The highest BCUT2D eigenvalue weighted by molar-refractivity contribution is 5.77. The van der Waals surface area contributed by atoms with Crippen LogP contribution in [0, 0.1) is 0 Å². The average molecular weight is 381 g/mol. The summed E-state index contributed by atoms with van der Waals surface area (Å²) in [7, 11) is 1.32. The lowest BCUT2D eigenvalue weighted by Gasteiger charge is -2.33. The maximum absolute atomic E-state index is 12.7. The number of methoxy groups -OCH3 is 1. The number of carbonyl (C=O) groups is 1. The topological polar surface area (TPSA) is 79.4 Å². The smallest absolute Gasteiger partial charge is 0.416 e. The Labute approximate surface area is 153 Å². The molecule has 0 spiro atoms. The summed E-state index contributed by atoms with van der Waals surface area (Å²) in [6.07, 6.45) is -1.39. The SMILES string of the molecule is COC(=O)[C@H]1CN(c2nccnc2Nc2ccc(C(F)(F)F)cc2)CCN1.